The summed E-state index contributed by atoms with van der Waals surface area (Å²) < 4.78 is 1.94. The number of terminal acetylenes is 1. The summed E-state index contributed by atoms with van der Waals surface area (Å²) in [4.78, 5) is 4.36. The lowest BCUT2D eigenvalue weighted by atomic mass is 10.1. The Hall–Kier alpha value is -3.10. The monoisotopic (exact) mass is 349 g/mol. The molecular weight excluding hydrogens is 334 g/mol. The molecule has 0 spiro atoms. The van der Waals surface area contributed by atoms with Gasteiger partial charge in [0.2, 0.25) is 0 Å². The van der Waals surface area contributed by atoms with Gasteiger partial charge in [-0.1, -0.05) is 30.2 Å². The summed E-state index contributed by atoms with van der Waals surface area (Å²) in [5.74, 6) is 3.38. The van der Waals surface area contributed by atoms with E-state index in [1.54, 1.807) is 6.33 Å². The minimum absolute atomic E-state index is 0. The molecule has 0 fully saturated rings. The topological polar surface area (TPSA) is 55.6 Å². The molecule has 0 saturated carbocycles. The van der Waals surface area contributed by atoms with Crippen molar-refractivity contribution >= 4 is 45.7 Å². The molecular formula is C19H16ClN5. The Labute approximate surface area is 151 Å². The Balaban J connectivity index is 0.00000182. The summed E-state index contributed by atoms with van der Waals surface area (Å²) in [6, 6.07) is 14.1. The van der Waals surface area contributed by atoms with E-state index in [0.717, 1.165) is 39.0 Å². The van der Waals surface area contributed by atoms with Crippen molar-refractivity contribution in [3.8, 4) is 12.3 Å². The van der Waals surface area contributed by atoms with Crippen LogP contribution in [0.15, 0.2) is 48.8 Å². The molecule has 0 saturated heterocycles. The molecule has 25 heavy (non-hydrogen) atoms. The number of rotatable bonds is 3. The van der Waals surface area contributed by atoms with Crippen LogP contribution < -0.4 is 5.32 Å². The highest BCUT2D eigenvalue weighted by Gasteiger charge is 2.08. The molecule has 2 heterocycles. The van der Waals surface area contributed by atoms with Crippen LogP contribution in [0.2, 0.25) is 0 Å². The summed E-state index contributed by atoms with van der Waals surface area (Å²) in [7, 11) is 0. The number of anilines is 2. The zero-order valence-corrected chi connectivity index (χ0v) is 14.4. The van der Waals surface area contributed by atoms with E-state index in [0.29, 0.717) is 6.54 Å². The van der Waals surface area contributed by atoms with Gasteiger partial charge in [0.15, 0.2) is 5.82 Å². The molecule has 0 unspecified atom stereocenters. The van der Waals surface area contributed by atoms with E-state index >= 15 is 0 Å². The number of fused-ring (bicyclic) bond motifs is 2. The predicted octanol–water partition coefficient (Wildman–Crippen LogP) is 4.09. The summed E-state index contributed by atoms with van der Waals surface area (Å²) in [5.41, 5.74) is 3.74. The zero-order valence-electron chi connectivity index (χ0n) is 13.6. The van der Waals surface area contributed by atoms with E-state index in [-0.39, 0.29) is 12.4 Å². The Morgan fingerprint density at radius 2 is 1.92 bits per heavy atom. The van der Waals surface area contributed by atoms with Gasteiger partial charge in [0, 0.05) is 16.5 Å². The molecule has 0 bridgehead atoms. The third kappa shape index (κ3) is 3.00. The minimum atomic E-state index is 0. The van der Waals surface area contributed by atoms with Crippen LogP contribution in [0.4, 0.5) is 11.5 Å². The number of hydrogen-bond acceptors (Lipinski definition) is 4. The van der Waals surface area contributed by atoms with Crippen LogP contribution in [0.3, 0.4) is 0 Å². The molecule has 2 aromatic carbocycles. The Morgan fingerprint density at radius 1 is 1.12 bits per heavy atom. The molecule has 0 amide bonds. The fraction of sp³-hybridized carbons (Fsp3) is 0.105. The molecule has 4 rings (SSSR count). The largest absolute Gasteiger partial charge is 0.338 e. The van der Waals surface area contributed by atoms with Gasteiger partial charge in [-0.05, 0) is 25.1 Å². The number of nitrogens with zero attached hydrogens (tertiary/aromatic N) is 4. The third-order valence-corrected chi connectivity index (χ3v) is 4.02. The Morgan fingerprint density at radius 3 is 2.72 bits per heavy atom. The smallest absolute Gasteiger partial charge is 0.160 e. The molecule has 5 nitrogen and oxygen atoms in total. The quantitative estimate of drug-likeness (QED) is 0.566. The van der Waals surface area contributed by atoms with Crippen molar-refractivity contribution in [1.82, 2.24) is 19.7 Å². The van der Waals surface area contributed by atoms with Crippen molar-refractivity contribution in [2.75, 3.05) is 5.32 Å². The van der Waals surface area contributed by atoms with Crippen LogP contribution >= 0.6 is 12.4 Å². The van der Waals surface area contributed by atoms with Crippen LogP contribution in [-0.2, 0) is 6.54 Å². The molecule has 0 aliphatic carbocycles. The Bertz CT molecular complexity index is 1090. The first-order chi connectivity index (χ1) is 11.8. The van der Waals surface area contributed by atoms with E-state index in [1.165, 1.54) is 0 Å². The van der Waals surface area contributed by atoms with Crippen LogP contribution in [0.1, 0.15) is 5.69 Å². The fourth-order valence-corrected chi connectivity index (χ4v) is 2.83. The molecule has 0 aliphatic rings. The summed E-state index contributed by atoms with van der Waals surface area (Å²) in [6.07, 6.45) is 7.18. The standard InChI is InChI=1S/C19H15N5.ClH/c1-3-10-24-12-20-17-9-8-14(11-18(17)24)21-19-16-7-5-4-6-15(16)13(2)22-23-19;/h1,4-9,11-12H,10H2,2H3,(H,21,23);1H. The van der Waals surface area contributed by atoms with Gasteiger partial charge >= 0.3 is 0 Å². The van der Waals surface area contributed by atoms with Crippen molar-refractivity contribution < 1.29 is 0 Å². The van der Waals surface area contributed by atoms with Gasteiger partial charge in [-0.3, -0.25) is 0 Å². The zero-order chi connectivity index (χ0) is 16.5. The normalized spacial score (nSPS) is 10.4. The average Bonchev–Trinajstić information content (AvgIpc) is 3.01. The molecule has 124 valence electrons. The number of nitrogens with one attached hydrogen (secondary N) is 1. The number of imidazole rings is 1. The van der Waals surface area contributed by atoms with Gasteiger partial charge < -0.3 is 9.88 Å². The van der Waals surface area contributed by atoms with Crippen LogP contribution in [-0.4, -0.2) is 19.7 Å². The predicted molar refractivity (Wildman–Crippen MR) is 103 cm³/mol. The van der Waals surface area contributed by atoms with Gasteiger partial charge in [-0.15, -0.1) is 23.9 Å². The fourth-order valence-electron chi connectivity index (χ4n) is 2.83. The third-order valence-electron chi connectivity index (χ3n) is 4.02. The molecule has 0 atom stereocenters. The second kappa shape index (κ2) is 6.80. The number of aryl methyl sites for hydroxylation is 1. The van der Waals surface area contributed by atoms with Gasteiger partial charge in [0.25, 0.3) is 0 Å². The SMILES string of the molecule is C#CCn1cnc2ccc(Nc3nnc(C)c4ccccc34)cc21.Cl. The molecule has 4 aromatic rings. The van der Waals surface area contributed by atoms with E-state index in [9.17, 15) is 0 Å². The van der Waals surface area contributed by atoms with Crippen LogP contribution in [0, 0.1) is 19.3 Å². The maximum atomic E-state index is 5.42. The molecule has 0 aliphatic heterocycles. The van der Waals surface area contributed by atoms with Gasteiger partial charge in [-0.2, -0.15) is 5.10 Å². The molecule has 2 aromatic heterocycles. The van der Waals surface area contributed by atoms with E-state index in [2.05, 4.69) is 32.5 Å². The lowest BCUT2D eigenvalue weighted by molar-refractivity contribution is 0.871. The van der Waals surface area contributed by atoms with E-state index < -0.39 is 0 Å². The van der Waals surface area contributed by atoms with Crippen LogP contribution in [0.5, 0.6) is 0 Å². The number of hydrogen-bond donors (Lipinski definition) is 1. The summed E-state index contributed by atoms with van der Waals surface area (Å²) in [5, 5.41) is 14.1. The van der Waals surface area contributed by atoms with Crippen molar-refractivity contribution in [1.29, 1.82) is 0 Å². The first-order valence-corrected chi connectivity index (χ1v) is 7.63. The van der Waals surface area contributed by atoms with Crippen molar-refractivity contribution in [3.05, 3.63) is 54.5 Å². The highest BCUT2D eigenvalue weighted by atomic mass is 35.5. The van der Waals surface area contributed by atoms with Gasteiger partial charge in [0.1, 0.15) is 0 Å². The number of benzene rings is 2. The number of halogens is 1. The first-order valence-electron chi connectivity index (χ1n) is 7.63. The lowest BCUT2D eigenvalue weighted by Gasteiger charge is -2.10. The maximum Gasteiger partial charge on any atom is 0.160 e. The minimum Gasteiger partial charge on any atom is -0.338 e. The average molecular weight is 350 g/mol. The molecule has 6 heteroatoms. The van der Waals surface area contributed by atoms with E-state index in [1.807, 2.05) is 47.9 Å². The molecule has 1 N–H and O–H groups in total. The Kier molecular flexibility index (Phi) is 4.55. The summed E-state index contributed by atoms with van der Waals surface area (Å²) in [6.45, 7) is 2.46. The summed E-state index contributed by atoms with van der Waals surface area (Å²) >= 11 is 0. The van der Waals surface area contributed by atoms with Crippen LogP contribution in [0.25, 0.3) is 21.8 Å². The van der Waals surface area contributed by atoms with E-state index in [4.69, 9.17) is 6.42 Å². The highest BCUT2D eigenvalue weighted by molar-refractivity contribution is 5.94. The first kappa shape index (κ1) is 16.7. The van der Waals surface area contributed by atoms with Crippen molar-refractivity contribution in [2.24, 2.45) is 0 Å². The molecule has 0 radical (unpaired) electrons. The lowest BCUT2D eigenvalue weighted by Crippen LogP contribution is -1.99. The van der Waals surface area contributed by atoms with Gasteiger partial charge in [-0.25, -0.2) is 4.98 Å². The maximum absolute atomic E-state index is 5.42. The van der Waals surface area contributed by atoms with Crippen molar-refractivity contribution in [2.45, 2.75) is 13.5 Å². The number of aromatic nitrogens is 4. The van der Waals surface area contributed by atoms with Crippen molar-refractivity contribution in [3.63, 3.8) is 0 Å². The van der Waals surface area contributed by atoms with Gasteiger partial charge in [0.05, 0.1) is 29.6 Å². The second-order valence-electron chi connectivity index (χ2n) is 5.58. The second-order valence-corrected chi connectivity index (χ2v) is 5.58. The highest BCUT2D eigenvalue weighted by Crippen LogP contribution is 2.26.